The van der Waals surface area contributed by atoms with E-state index in [2.05, 4.69) is 15.5 Å². The van der Waals surface area contributed by atoms with Gasteiger partial charge in [0.05, 0.1) is 0 Å². The molecule has 0 atom stereocenters. The van der Waals surface area contributed by atoms with Crippen molar-refractivity contribution >= 4 is 11.8 Å². The molecule has 1 aliphatic carbocycles. The SMILES string of the molecule is Cc1ccc(-c2noc(C3CC(F)(F)C3)n2)cc1NC(=O)O. The molecule has 1 aromatic carbocycles. The van der Waals surface area contributed by atoms with E-state index in [9.17, 15) is 13.6 Å². The Morgan fingerprint density at radius 3 is 2.82 bits per heavy atom. The first-order valence-corrected chi connectivity index (χ1v) is 6.66. The largest absolute Gasteiger partial charge is 0.465 e. The maximum Gasteiger partial charge on any atom is 0.409 e. The molecule has 116 valence electrons. The van der Waals surface area contributed by atoms with Gasteiger partial charge in [0, 0.05) is 30.0 Å². The van der Waals surface area contributed by atoms with Crippen LogP contribution in [0, 0.1) is 6.92 Å². The van der Waals surface area contributed by atoms with E-state index in [1.54, 1.807) is 25.1 Å². The average molecular weight is 309 g/mol. The molecule has 1 heterocycles. The first kappa shape index (κ1) is 14.4. The van der Waals surface area contributed by atoms with E-state index >= 15 is 0 Å². The highest BCUT2D eigenvalue weighted by Gasteiger charge is 2.48. The maximum atomic E-state index is 12.9. The lowest BCUT2D eigenvalue weighted by Crippen LogP contribution is -2.33. The molecular formula is C14H13F2N3O3. The summed E-state index contributed by atoms with van der Waals surface area (Å²) in [6, 6.07) is 5.01. The summed E-state index contributed by atoms with van der Waals surface area (Å²) in [6.45, 7) is 1.76. The third-order valence-electron chi connectivity index (χ3n) is 3.62. The van der Waals surface area contributed by atoms with Crippen molar-refractivity contribution in [3.8, 4) is 11.4 Å². The van der Waals surface area contributed by atoms with Crippen LogP contribution in [0.2, 0.25) is 0 Å². The quantitative estimate of drug-likeness (QED) is 0.903. The number of anilines is 1. The van der Waals surface area contributed by atoms with Crippen molar-refractivity contribution in [2.45, 2.75) is 31.6 Å². The van der Waals surface area contributed by atoms with Crippen molar-refractivity contribution in [2.75, 3.05) is 5.32 Å². The Morgan fingerprint density at radius 2 is 2.18 bits per heavy atom. The molecule has 0 aliphatic heterocycles. The van der Waals surface area contributed by atoms with Crippen LogP contribution in [0.5, 0.6) is 0 Å². The number of hydrogen-bond acceptors (Lipinski definition) is 4. The lowest BCUT2D eigenvalue weighted by Gasteiger charge is -2.31. The van der Waals surface area contributed by atoms with Crippen LogP contribution in [-0.2, 0) is 0 Å². The first-order chi connectivity index (χ1) is 10.3. The summed E-state index contributed by atoms with van der Waals surface area (Å²) in [6.07, 6.45) is -1.74. The third-order valence-corrected chi connectivity index (χ3v) is 3.62. The van der Waals surface area contributed by atoms with Crippen LogP contribution in [0.25, 0.3) is 11.4 Å². The molecule has 1 amide bonds. The van der Waals surface area contributed by atoms with Gasteiger partial charge in [-0.25, -0.2) is 13.6 Å². The molecule has 8 heteroatoms. The Labute approximate surface area is 124 Å². The number of carbonyl (C=O) groups is 1. The first-order valence-electron chi connectivity index (χ1n) is 6.66. The van der Waals surface area contributed by atoms with E-state index in [0.29, 0.717) is 11.3 Å². The fourth-order valence-electron chi connectivity index (χ4n) is 2.37. The van der Waals surface area contributed by atoms with Gasteiger partial charge in [0.1, 0.15) is 0 Å². The standard InChI is InChI=1S/C14H13F2N3O3/c1-7-2-3-8(4-10(7)17-13(20)21)11-18-12(22-19-11)9-5-14(15,16)6-9/h2-4,9,17H,5-6H2,1H3,(H,20,21). The van der Waals surface area contributed by atoms with Gasteiger partial charge in [0.15, 0.2) is 0 Å². The molecule has 2 N–H and O–H groups in total. The van der Waals surface area contributed by atoms with Crippen LogP contribution < -0.4 is 5.32 Å². The Kier molecular flexibility index (Phi) is 3.31. The van der Waals surface area contributed by atoms with Crippen molar-refractivity contribution in [1.29, 1.82) is 0 Å². The van der Waals surface area contributed by atoms with E-state index < -0.39 is 17.9 Å². The Morgan fingerprint density at radius 1 is 1.45 bits per heavy atom. The molecule has 0 saturated heterocycles. The van der Waals surface area contributed by atoms with E-state index in [1.165, 1.54) is 0 Å². The number of hydrogen-bond donors (Lipinski definition) is 2. The molecule has 22 heavy (non-hydrogen) atoms. The Bertz CT molecular complexity index is 722. The minimum Gasteiger partial charge on any atom is -0.465 e. The number of alkyl halides is 2. The number of nitrogens with zero attached hydrogens (tertiary/aromatic N) is 2. The van der Waals surface area contributed by atoms with E-state index in [0.717, 1.165) is 5.56 Å². The number of aromatic nitrogens is 2. The summed E-state index contributed by atoms with van der Waals surface area (Å²) in [4.78, 5) is 14.9. The number of halogens is 2. The van der Waals surface area contributed by atoms with Gasteiger partial charge in [-0.05, 0) is 18.6 Å². The summed E-state index contributed by atoms with van der Waals surface area (Å²) in [5.74, 6) is -2.63. The van der Waals surface area contributed by atoms with Gasteiger partial charge in [-0.2, -0.15) is 4.98 Å². The minimum absolute atomic E-state index is 0.189. The molecule has 0 radical (unpaired) electrons. The highest BCUT2D eigenvalue weighted by Crippen LogP contribution is 2.47. The zero-order valence-corrected chi connectivity index (χ0v) is 11.6. The summed E-state index contributed by atoms with van der Waals surface area (Å²) >= 11 is 0. The molecule has 1 aliphatic rings. The highest BCUT2D eigenvalue weighted by molar-refractivity contribution is 5.85. The van der Waals surface area contributed by atoms with Crippen LogP contribution in [0.4, 0.5) is 19.3 Å². The van der Waals surface area contributed by atoms with Gasteiger partial charge in [0.2, 0.25) is 17.6 Å². The second kappa shape index (κ2) is 5.04. The summed E-state index contributed by atoms with van der Waals surface area (Å²) in [5.41, 5.74) is 1.70. The predicted molar refractivity (Wildman–Crippen MR) is 73.0 cm³/mol. The fourth-order valence-corrected chi connectivity index (χ4v) is 2.37. The van der Waals surface area contributed by atoms with E-state index in [1.807, 2.05) is 0 Å². The second-order valence-corrected chi connectivity index (χ2v) is 5.38. The third kappa shape index (κ3) is 2.76. The van der Waals surface area contributed by atoms with Crippen molar-refractivity contribution in [3.63, 3.8) is 0 Å². The normalized spacial score (nSPS) is 17.0. The molecule has 1 fully saturated rings. The molecule has 6 nitrogen and oxygen atoms in total. The molecular weight excluding hydrogens is 296 g/mol. The molecule has 2 aromatic rings. The molecule has 0 bridgehead atoms. The fraction of sp³-hybridized carbons (Fsp3) is 0.357. The number of benzene rings is 1. The minimum atomic E-state index is -2.65. The average Bonchev–Trinajstić information content (AvgIpc) is 2.87. The van der Waals surface area contributed by atoms with Crippen molar-refractivity contribution in [1.82, 2.24) is 10.1 Å². The van der Waals surface area contributed by atoms with Crippen LogP contribution in [0.1, 0.15) is 30.2 Å². The van der Waals surface area contributed by atoms with E-state index in [4.69, 9.17) is 9.63 Å². The van der Waals surface area contributed by atoms with Gasteiger partial charge < -0.3 is 9.63 Å². The molecule has 0 unspecified atom stereocenters. The predicted octanol–water partition coefficient (Wildman–Crippen LogP) is 3.65. The van der Waals surface area contributed by atoms with Gasteiger partial charge in [-0.1, -0.05) is 17.3 Å². The summed E-state index contributed by atoms with van der Waals surface area (Å²) in [5, 5.41) is 14.8. The topological polar surface area (TPSA) is 88.3 Å². The molecule has 3 rings (SSSR count). The highest BCUT2D eigenvalue weighted by atomic mass is 19.3. The zero-order valence-electron chi connectivity index (χ0n) is 11.6. The van der Waals surface area contributed by atoms with Gasteiger partial charge in [-0.15, -0.1) is 0 Å². The summed E-state index contributed by atoms with van der Waals surface area (Å²) in [7, 11) is 0. The lowest BCUT2D eigenvalue weighted by molar-refractivity contribution is -0.0925. The van der Waals surface area contributed by atoms with Crippen LogP contribution >= 0.6 is 0 Å². The van der Waals surface area contributed by atoms with Crippen molar-refractivity contribution in [3.05, 3.63) is 29.7 Å². The van der Waals surface area contributed by atoms with Crippen molar-refractivity contribution < 1.29 is 23.2 Å². The second-order valence-electron chi connectivity index (χ2n) is 5.38. The monoisotopic (exact) mass is 309 g/mol. The molecule has 0 spiro atoms. The summed E-state index contributed by atoms with van der Waals surface area (Å²) < 4.78 is 30.8. The number of nitrogens with one attached hydrogen (secondary N) is 1. The van der Waals surface area contributed by atoms with Crippen LogP contribution in [-0.4, -0.2) is 27.3 Å². The number of aryl methyl sites for hydroxylation is 1. The van der Waals surface area contributed by atoms with Gasteiger partial charge in [-0.3, -0.25) is 5.32 Å². The Balaban J connectivity index is 1.83. The number of carboxylic acid groups (broad SMARTS) is 1. The van der Waals surface area contributed by atoms with E-state index in [-0.39, 0.29) is 24.6 Å². The number of amides is 1. The smallest absolute Gasteiger partial charge is 0.409 e. The molecule has 1 aromatic heterocycles. The van der Waals surface area contributed by atoms with Gasteiger partial charge in [0.25, 0.3) is 0 Å². The van der Waals surface area contributed by atoms with Crippen LogP contribution in [0.15, 0.2) is 22.7 Å². The molecule has 1 saturated carbocycles. The number of rotatable bonds is 3. The van der Waals surface area contributed by atoms with Crippen LogP contribution in [0.3, 0.4) is 0 Å². The van der Waals surface area contributed by atoms with Crippen molar-refractivity contribution in [2.24, 2.45) is 0 Å². The Hall–Kier alpha value is -2.51. The van der Waals surface area contributed by atoms with Gasteiger partial charge >= 0.3 is 6.09 Å². The maximum absolute atomic E-state index is 12.9. The zero-order chi connectivity index (χ0) is 15.9. The lowest BCUT2D eigenvalue weighted by atomic mass is 9.81.